The molecule has 3 aromatic rings. The van der Waals surface area contributed by atoms with Crippen molar-refractivity contribution in [3.63, 3.8) is 0 Å². The molecule has 4 rings (SSSR count). The first-order valence-corrected chi connectivity index (χ1v) is 13.6. The Bertz CT molecular complexity index is 1660. The summed E-state index contributed by atoms with van der Waals surface area (Å²) in [6.45, 7) is 6.88. The molecule has 1 aromatic heterocycles. The minimum absolute atomic E-state index is 0.00198. The number of allylic oxidation sites excluding steroid dienone is 1. The predicted molar refractivity (Wildman–Crippen MR) is 160 cm³/mol. The van der Waals surface area contributed by atoms with E-state index < -0.39 is 28.9 Å². The Labute approximate surface area is 252 Å². The third-order valence-corrected chi connectivity index (χ3v) is 6.83. The highest BCUT2D eigenvalue weighted by Gasteiger charge is 2.32. The molecule has 1 aliphatic rings. The smallest absolute Gasteiger partial charge is 0.338 e. The van der Waals surface area contributed by atoms with Gasteiger partial charge in [-0.05, 0) is 63.6 Å². The van der Waals surface area contributed by atoms with E-state index in [0.29, 0.717) is 11.3 Å². The van der Waals surface area contributed by atoms with E-state index in [1.54, 1.807) is 44.2 Å². The predicted octanol–water partition coefficient (Wildman–Crippen LogP) is 3.73. The van der Waals surface area contributed by atoms with Crippen molar-refractivity contribution in [2.45, 2.75) is 33.7 Å². The summed E-state index contributed by atoms with van der Waals surface area (Å²) in [5, 5.41) is 20.3. The minimum Gasteiger partial charge on any atom is -0.493 e. The number of ether oxygens (including phenoxy) is 3. The van der Waals surface area contributed by atoms with Crippen molar-refractivity contribution in [2.75, 3.05) is 20.3 Å². The third-order valence-electron chi connectivity index (χ3n) is 6.83. The van der Waals surface area contributed by atoms with Gasteiger partial charge in [-0.15, -0.1) is 0 Å². The average Bonchev–Trinajstić information content (AvgIpc) is 3.27. The van der Waals surface area contributed by atoms with Crippen LogP contribution in [0.1, 0.15) is 42.4 Å². The molecule has 14 nitrogen and oxygen atoms in total. The van der Waals surface area contributed by atoms with Crippen LogP contribution in [0.25, 0.3) is 5.69 Å². The van der Waals surface area contributed by atoms with Gasteiger partial charge >= 0.3 is 12.0 Å². The Balaban J connectivity index is 1.41. The Morgan fingerprint density at radius 1 is 1.11 bits per heavy atom. The molecule has 44 heavy (non-hydrogen) atoms. The number of nitrogens with one attached hydrogen (secondary N) is 3. The summed E-state index contributed by atoms with van der Waals surface area (Å²) >= 11 is 0. The number of hydrogen-bond acceptors (Lipinski definition) is 9. The molecule has 0 radical (unpaired) electrons. The second-order valence-corrected chi connectivity index (χ2v) is 9.72. The summed E-state index contributed by atoms with van der Waals surface area (Å²) in [6, 6.07) is 11.7. The number of nitrogens with zero attached hydrogens (tertiary/aromatic N) is 3. The van der Waals surface area contributed by atoms with E-state index in [1.165, 1.54) is 25.5 Å². The van der Waals surface area contributed by atoms with E-state index in [1.807, 2.05) is 24.5 Å². The van der Waals surface area contributed by atoms with Crippen LogP contribution in [0.4, 0.5) is 10.5 Å². The molecule has 2 aromatic carbocycles. The number of hydrogen-bond donors (Lipinski definition) is 3. The highest BCUT2D eigenvalue weighted by atomic mass is 16.6. The van der Waals surface area contributed by atoms with Gasteiger partial charge in [-0.3, -0.25) is 14.9 Å². The first kappa shape index (κ1) is 31.3. The van der Waals surface area contributed by atoms with Crippen molar-refractivity contribution < 1.29 is 33.5 Å². The molecule has 0 unspecified atom stereocenters. The van der Waals surface area contributed by atoms with E-state index in [4.69, 9.17) is 14.2 Å². The molecular weight excluding hydrogens is 572 g/mol. The van der Waals surface area contributed by atoms with Crippen LogP contribution in [0.15, 0.2) is 64.9 Å². The van der Waals surface area contributed by atoms with Crippen molar-refractivity contribution in [2.24, 2.45) is 5.10 Å². The summed E-state index contributed by atoms with van der Waals surface area (Å²) in [4.78, 5) is 47.7. The van der Waals surface area contributed by atoms with Gasteiger partial charge in [-0.2, -0.15) is 5.10 Å². The SMILES string of the molecule is CCOC(=O)C1=C(C)NC(=O)N[C@@H]1c1ccc(OCC(=O)N/N=C\c2cc(C)n(-c3ccc([N+](=O)[O-])cc3)c2C)c(OC)c1. The lowest BCUT2D eigenvalue weighted by Crippen LogP contribution is -2.45. The average molecular weight is 605 g/mol. The molecule has 1 atom stereocenters. The lowest BCUT2D eigenvalue weighted by Gasteiger charge is -2.28. The second-order valence-electron chi connectivity index (χ2n) is 9.72. The standard InChI is InChI=1S/C30H32N6O8/c1-6-43-29(38)27-18(3)32-30(39)33-28(27)20-7-12-24(25(14-20)42-5)44-16-26(37)34-31-15-21-13-17(2)35(19(21)4)22-8-10-23(11-9-22)36(40)41/h7-15,28H,6,16H2,1-5H3,(H,34,37)(H2,32,33,39)/b31-15-/t28-/m1/s1. The van der Waals surface area contributed by atoms with Crippen LogP contribution in [-0.4, -0.2) is 53.9 Å². The Kier molecular flexibility index (Phi) is 9.63. The molecule has 3 amide bonds. The molecule has 0 aliphatic carbocycles. The summed E-state index contributed by atoms with van der Waals surface area (Å²) in [5.41, 5.74) is 6.83. The quantitative estimate of drug-likeness (QED) is 0.128. The Morgan fingerprint density at radius 3 is 2.50 bits per heavy atom. The molecule has 230 valence electrons. The molecule has 0 saturated carbocycles. The maximum Gasteiger partial charge on any atom is 0.338 e. The molecule has 0 bridgehead atoms. The van der Waals surface area contributed by atoms with Gasteiger partial charge in [0.15, 0.2) is 18.1 Å². The number of hydrazone groups is 1. The summed E-state index contributed by atoms with van der Waals surface area (Å²) in [7, 11) is 1.43. The summed E-state index contributed by atoms with van der Waals surface area (Å²) in [5.74, 6) is -0.538. The molecule has 1 aliphatic heterocycles. The lowest BCUT2D eigenvalue weighted by molar-refractivity contribution is -0.384. The number of aromatic nitrogens is 1. The molecule has 0 saturated heterocycles. The van der Waals surface area contributed by atoms with Gasteiger partial charge in [0.25, 0.3) is 11.6 Å². The van der Waals surface area contributed by atoms with E-state index >= 15 is 0 Å². The van der Waals surface area contributed by atoms with Crippen molar-refractivity contribution in [3.8, 4) is 17.2 Å². The summed E-state index contributed by atoms with van der Waals surface area (Å²) < 4.78 is 18.2. The number of carbonyl (C=O) groups is 3. The fraction of sp³-hybridized carbons (Fsp3) is 0.267. The zero-order valence-electron chi connectivity index (χ0n) is 24.8. The number of rotatable bonds is 11. The van der Waals surface area contributed by atoms with Crippen LogP contribution in [0.2, 0.25) is 0 Å². The normalized spacial score (nSPS) is 14.6. The number of esters is 1. The molecule has 0 fully saturated rings. The van der Waals surface area contributed by atoms with Crippen LogP contribution in [0.5, 0.6) is 11.5 Å². The number of nitro groups is 1. The van der Waals surface area contributed by atoms with Crippen molar-refractivity contribution >= 4 is 29.8 Å². The van der Waals surface area contributed by atoms with Gasteiger partial charge in [0.2, 0.25) is 0 Å². The number of non-ortho nitro benzene ring substituents is 1. The fourth-order valence-electron chi connectivity index (χ4n) is 4.79. The first-order valence-electron chi connectivity index (χ1n) is 13.6. The number of benzene rings is 2. The summed E-state index contributed by atoms with van der Waals surface area (Å²) in [6.07, 6.45) is 1.50. The molecule has 2 heterocycles. The number of nitro benzene ring substituents is 1. The van der Waals surface area contributed by atoms with E-state index in [-0.39, 0.29) is 36.0 Å². The van der Waals surface area contributed by atoms with Gasteiger partial charge < -0.3 is 29.4 Å². The topological polar surface area (TPSA) is 175 Å². The Morgan fingerprint density at radius 2 is 1.84 bits per heavy atom. The first-order chi connectivity index (χ1) is 21.0. The van der Waals surface area contributed by atoms with Gasteiger partial charge in [-0.1, -0.05) is 6.07 Å². The number of methoxy groups -OCH3 is 1. The van der Waals surface area contributed by atoms with Gasteiger partial charge in [0, 0.05) is 40.5 Å². The van der Waals surface area contributed by atoms with Crippen LogP contribution in [0, 0.1) is 24.0 Å². The second kappa shape index (κ2) is 13.5. The van der Waals surface area contributed by atoms with Gasteiger partial charge in [0.1, 0.15) is 0 Å². The molecular formula is C30H32N6O8. The maximum absolute atomic E-state index is 12.6. The lowest BCUT2D eigenvalue weighted by atomic mass is 9.95. The number of aryl methyl sites for hydroxylation is 1. The van der Waals surface area contributed by atoms with Crippen molar-refractivity contribution in [3.05, 3.63) is 92.4 Å². The Hall–Kier alpha value is -5.66. The van der Waals surface area contributed by atoms with E-state index in [9.17, 15) is 24.5 Å². The maximum atomic E-state index is 12.6. The van der Waals surface area contributed by atoms with Crippen LogP contribution < -0.4 is 25.5 Å². The molecule has 3 N–H and O–H groups in total. The largest absolute Gasteiger partial charge is 0.493 e. The highest BCUT2D eigenvalue weighted by Crippen LogP contribution is 2.34. The minimum atomic E-state index is -0.786. The number of urea groups is 1. The third kappa shape index (κ3) is 6.86. The monoisotopic (exact) mass is 604 g/mol. The number of amides is 3. The van der Waals surface area contributed by atoms with Crippen LogP contribution in [-0.2, 0) is 14.3 Å². The molecule has 14 heteroatoms. The van der Waals surface area contributed by atoms with Gasteiger partial charge in [-0.25, -0.2) is 15.0 Å². The van der Waals surface area contributed by atoms with E-state index in [2.05, 4.69) is 21.2 Å². The van der Waals surface area contributed by atoms with Crippen LogP contribution in [0.3, 0.4) is 0 Å². The van der Waals surface area contributed by atoms with Gasteiger partial charge in [0.05, 0.1) is 36.5 Å². The van der Waals surface area contributed by atoms with Crippen LogP contribution >= 0.6 is 0 Å². The van der Waals surface area contributed by atoms with Crippen molar-refractivity contribution in [1.82, 2.24) is 20.6 Å². The van der Waals surface area contributed by atoms with Crippen molar-refractivity contribution in [1.29, 1.82) is 0 Å². The number of carbonyl (C=O) groups excluding carboxylic acids is 3. The fourth-order valence-corrected chi connectivity index (χ4v) is 4.79. The molecule has 0 spiro atoms. The zero-order chi connectivity index (χ0) is 32.0. The highest BCUT2D eigenvalue weighted by molar-refractivity contribution is 5.95. The van der Waals surface area contributed by atoms with E-state index in [0.717, 1.165) is 22.6 Å². The zero-order valence-corrected chi connectivity index (χ0v) is 24.8.